The van der Waals surface area contributed by atoms with E-state index >= 15 is 0 Å². The summed E-state index contributed by atoms with van der Waals surface area (Å²) >= 11 is 0. The summed E-state index contributed by atoms with van der Waals surface area (Å²) in [5, 5.41) is 3.64. The van der Waals surface area contributed by atoms with Crippen LogP contribution in [0.15, 0.2) is 24.3 Å². The molecule has 1 unspecified atom stereocenters. The Balaban J connectivity index is 2.17. The molecule has 1 atom stereocenters. The average Bonchev–Trinajstić information content (AvgIpc) is 2.33. The summed E-state index contributed by atoms with van der Waals surface area (Å²) < 4.78 is 0. The molecule has 0 aromatic heterocycles. The van der Waals surface area contributed by atoms with Crippen molar-refractivity contribution in [3.8, 4) is 0 Å². The fourth-order valence-corrected chi connectivity index (χ4v) is 2.80. The smallest absolute Gasteiger partial charge is 0.0323 e. The maximum atomic E-state index is 5.54. The topological polar surface area (TPSA) is 38.0 Å². The molecule has 0 spiro atoms. The number of hydrogen-bond donors (Lipinski definition) is 2. The summed E-state index contributed by atoms with van der Waals surface area (Å²) in [6, 6.07) is 9.38. The molecule has 0 heterocycles. The lowest BCUT2D eigenvalue weighted by Crippen LogP contribution is -2.33. The minimum absolute atomic E-state index is 0.322. The van der Waals surface area contributed by atoms with Gasteiger partial charge in [0.1, 0.15) is 0 Å². The van der Waals surface area contributed by atoms with Gasteiger partial charge >= 0.3 is 0 Å². The van der Waals surface area contributed by atoms with Crippen molar-refractivity contribution in [2.24, 2.45) is 5.73 Å². The average molecular weight is 232 g/mol. The van der Waals surface area contributed by atoms with Gasteiger partial charge in [-0.25, -0.2) is 0 Å². The standard InChI is InChI=1S/C15H24N2/c1-15(2)9-8-14(17-11-5-10-16)12-6-3-4-7-13(12)15/h3-4,6-7,14,17H,5,8-11,16H2,1-2H3. The van der Waals surface area contributed by atoms with Crippen LogP contribution in [0, 0.1) is 0 Å². The molecule has 1 aromatic carbocycles. The van der Waals surface area contributed by atoms with Gasteiger partial charge in [0.05, 0.1) is 0 Å². The lowest BCUT2D eigenvalue weighted by molar-refractivity contribution is 0.358. The van der Waals surface area contributed by atoms with Crippen molar-refractivity contribution < 1.29 is 0 Å². The van der Waals surface area contributed by atoms with Gasteiger partial charge in [-0.15, -0.1) is 0 Å². The molecule has 0 aliphatic heterocycles. The van der Waals surface area contributed by atoms with Crippen LogP contribution in [0.3, 0.4) is 0 Å². The van der Waals surface area contributed by atoms with Crippen LogP contribution in [0.5, 0.6) is 0 Å². The van der Waals surface area contributed by atoms with Gasteiger partial charge in [0, 0.05) is 6.04 Å². The zero-order valence-electron chi connectivity index (χ0n) is 11.0. The molecule has 0 bridgehead atoms. The SMILES string of the molecule is CC1(C)CCC(NCCCN)c2ccccc21. The molecule has 2 rings (SSSR count). The highest BCUT2D eigenvalue weighted by atomic mass is 14.9. The van der Waals surface area contributed by atoms with E-state index in [9.17, 15) is 0 Å². The fourth-order valence-electron chi connectivity index (χ4n) is 2.80. The maximum absolute atomic E-state index is 5.54. The van der Waals surface area contributed by atoms with Gasteiger partial charge in [-0.05, 0) is 48.9 Å². The van der Waals surface area contributed by atoms with E-state index in [1.54, 1.807) is 0 Å². The van der Waals surface area contributed by atoms with Crippen LogP contribution in [-0.2, 0) is 5.41 Å². The van der Waals surface area contributed by atoms with Crippen molar-refractivity contribution in [2.75, 3.05) is 13.1 Å². The van der Waals surface area contributed by atoms with E-state index in [4.69, 9.17) is 5.73 Å². The first kappa shape index (κ1) is 12.6. The van der Waals surface area contributed by atoms with Crippen LogP contribution >= 0.6 is 0 Å². The van der Waals surface area contributed by atoms with Gasteiger partial charge in [0.25, 0.3) is 0 Å². The highest BCUT2D eigenvalue weighted by Gasteiger charge is 2.31. The number of fused-ring (bicyclic) bond motifs is 1. The van der Waals surface area contributed by atoms with Crippen LogP contribution < -0.4 is 11.1 Å². The summed E-state index contributed by atoms with van der Waals surface area (Å²) in [5.41, 5.74) is 8.86. The summed E-state index contributed by atoms with van der Waals surface area (Å²) in [5.74, 6) is 0. The van der Waals surface area contributed by atoms with E-state index in [1.807, 2.05) is 0 Å². The third kappa shape index (κ3) is 2.70. The minimum Gasteiger partial charge on any atom is -0.330 e. The van der Waals surface area contributed by atoms with Gasteiger partial charge in [0.15, 0.2) is 0 Å². The zero-order chi connectivity index (χ0) is 12.3. The molecule has 0 amide bonds. The van der Waals surface area contributed by atoms with Gasteiger partial charge in [-0.3, -0.25) is 0 Å². The molecule has 94 valence electrons. The summed E-state index contributed by atoms with van der Waals surface area (Å²) in [4.78, 5) is 0. The van der Waals surface area contributed by atoms with Crippen molar-refractivity contribution in [1.82, 2.24) is 5.32 Å². The summed E-state index contributed by atoms with van der Waals surface area (Å²) in [6.07, 6.45) is 3.54. The first-order valence-electron chi connectivity index (χ1n) is 6.68. The second kappa shape index (κ2) is 5.19. The van der Waals surface area contributed by atoms with Crippen LogP contribution in [0.2, 0.25) is 0 Å². The van der Waals surface area contributed by atoms with Crippen LogP contribution in [0.4, 0.5) is 0 Å². The fraction of sp³-hybridized carbons (Fsp3) is 0.600. The molecule has 1 aromatic rings. The highest BCUT2D eigenvalue weighted by Crippen LogP contribution is 2.41. The molecule has 3 N–H and O–H groups in total. The highest BCUT2D eigenvalue weighted by molar-refractivity contribution is 5.38. The second-order valence-electron chi connectivity index (χ2n) is 5.66. The van der Waals surface area contributed by atoms with Crippen molar-refractivity contribution in [3.63, 3.8) is 0 Å². The molecule has 0 saturated carbocycles. The Morgan fingerprint density at radius 3 is 2.88 bits per heavy atom. The first-order chi connectivity index (χ1) is 8.15. The number of rotatable bonds is 4. The van der Waals surface area contributed by atoms with Gasteiger partial charge in [-0.1, -0.05) is 38.1 Å². The Morgan fingerprint density at radius 1 is 1.35 bits per heavy atom. The predicted molar refractivity (Wildman–Crippen MR) is 73.1 cm³/mol. The Kier molecular flexibility index (Phi) is 3.85. The lowest BCUT2D eigenvalue weighted by Gasteiger charge is -2.37. The number of hydrogen-bond acceptors (Lipinski definition) is 2. The molecule has 17 heavy (non-hydrogen) atoms. The Morgan fingerprint density at radius 2 is 2.12 bits per heavy atom. The van der Waals surface area contributed by atoms with Gasteiger partial charge in [-0.2, -0.15) is 0 Å². The Hall–Kier alpha value is -0.860. The van der Waals surface area contributed by atoms with E-state index < -0.39 is 0 Å². The van der Waals surface area contributed by atoms with Crippen molar-refractivity contribution in [3.05, 3.63) is 35.4 Å². The van der Waals surface area contributed by atoms with E-state index in [2.05, 4.69) is 43.4 Å². The largest absolute Gasteiger partial charge is 0.330 e. The normalized spacial score (nSPS) is 22.2. The number of nitrogens with two attached hydrogens (primary N) is 1. The third-order valence-corrected chi connectivity index (χ3v) is 3.89. The lowest BCUT2D eigenvalue weighted by atomic mass is 9.71. The van der Waals surface area contributed by atoms with Gasteiger partial charge in [0.2, 0.25) is 0 Å². The monoisotopic (exact) mass is 232 g/mol. The molecular weight excluding hydrogens is 208 g/mol. The van der Waals surface area contributed by atoms with Crippen molar-refractivity contribution >= 4 is 0 Å². The van der Waals surface area contributed by atoms with Crippen molar-refractivity contribution in [1.29, 1.82) is 0 Å². The van der Waals surface area contributed by atoms with Gasteiger partial charge < -0.3 is 11.1 Å². The quantitative estimate of drug-likeness (QED) is 0.783. The first-order valence-corrected chi connectivity index (χ1v) is 6.68. The summed E-state index contributed by atoms with van der Waals surface area (Å²) in [6.45, 7) is 6.49. The predicted octanol–water partition coefficient (Wildman–Crippen LogP) is 2.74. The second-order valence-corrected chi connectivity index (χ2v) is 5.66. The van der Waals surface area contributed by atoms with E-state index in [0.717, 1.165) is 19.5 Å². The number of nitrogens with one attached hydrogen (secondary N) is 1. The number of benzene rings is 1. The molecule has 1 aliphatic carbocycles. The third-order valence-electron chi connectivity index (χ3n) is 3.89. The molecule has 2 nitrogen and oxygen atoms in total. The van der Waals surface area contributed by atoms with Crippen molar-refractivity contribution in [2.45, 2.75) is 44.6 Å². The molecule has 0 fully saturated rings. The maximum Gasteiger partial charge on any atom is 0.0323 e. The van der Waals surface area contributed by atoms with E-state index in [1.165, 1.54) is 24.0 Å². The Labute approximate surface area is 105 Å². The molecule has 1 aliphatic rings. The summed E-state index contributed by atoms with van der Waals surface area (Å²) in [7, 11) is 0. The van der Waals surface area contributed by atoms with E-state index in [0.29, 0.717) is 11.5 Å². The van der Waals surface area contributed by atoms with Crippen LogP contribution in [-0.4, -0.2) is 13.1 Å². The van der Waals surface area contributed by atoms with E-state index in [-0.39, 0.29) is 0 Å². The molecular formula is C15H24N2. The molecule has 0 radical (unpaired) electrons. The molecule has 0 saturated heterocycles. The van der Waals surface area contributed by atoms with Crippen LogP contribution in [0.25, 0.3) is 0 Å². The van der Waals surface area contributed by atoms with Crippen LogP contribution in [0.1, 0.15) is 50.3 Å². The Bertz CT molecular complexity index is 371. The molecule has 2 heteroatoms. The minimum atomic E-state index is 0.322. The zero-order valence-corrected chi connectivity index (χ0v) is 11.0.